The first kappa shape index (κ1) is 12.1. The molecule has 0 radical (unpaired) electrons. The van der Waals surface area contributed by atoms with Crippen LogP contribution in [-0.2, 0) is 4.74 Å². The Morgan fingerprint density at radius 2 is 1.80 bits per heavy atom. The van der Waals surface area contributed by atoms with Crippen molar-refractivity contribution >= 4 is 0 Å². The van der Waals surface area contributed by atoms with E-state index in [4.69, 9.17) is 9.47 Å². The molecule has 0 aliphatic heterocycles. The molecule has 0 unspecified atom stereocenters. The monoisotopic (exact) mass is 208 g/mol. The van der Waals surface area contributed by atoms with E-state index in [1.54, 1.807) is 0 Å². The van der Waals surface area contributed by atoms with E-state index >= 15 is 0 Å². The summed E-state index contributed by atoms with van der Waals surface area (Å²) in [4.78, 5) is 0. The van der Waals surface area contributed by atoms with E-state index in [9.17, 15) is 0 Å². The van der Waals surface area contributed by atoms with Crippen LogP contribution >= 0.6 is 0 Å². The molecule has 84 valence electrons. The van der Waals surface area contributed by atoms with Crippen molar-refractivity contribution in [3.05, 3.63) is 29.8 Å². The van der Waals surface area contributed by atoms with Gasteiger partial charge in [-0.05, 0) is 38.3 Å². The Morgan fingerprint density at radius 1 is 1.07 bits per heavy atom. The second-order valence-corrected chi connectivity index (χ2v) is 3.52. The fourth-order valence-electron chi connectivity index (χ4n) is 1.35. The molecule has 2 heteroatoms. The topological polar surface area (TPSA) is 18.5 Å². The third kappa shape index (κ3) is 4.84. The van der Waals surface area contributed by atoms with Gasteiger partial charge in [0.25, 0.3) is 0 Å². The highest BCUT2D eigenvalue weighted by atomic mass is 16.5. The number of aryl methyl sites for hydroxylation is 1. The summed E-state index contributed by atoms with van der Waals surface area (Å²) in [5.74, 6) is 0.994. The van der Waals surface area contributed by atoms with Gasteiger partial charge in [0.1, 0.15) is 5.75 Å². The summed E-state index contributed by atoms with van der Waals surface area (Å²) in [5, 5.41) is 0. The Bertz CT molecular complexity index is 271. The molecule has 0 heterocycles. The fourth-order valence-corrected chi connectivity index (χ4v) is 1.35. The number of unbranched alkanes of at least 4 members (excludes halogenated alkanes) is 1. The summed E-state index contributed by atoms with van der Waals surface area (Å²) >= 11 is 0. The molecular formula is C13H20O2. The van der Waals surface area contributed by atoms with Crippen LogP contribution in [0.2, 0.25) is 0 Å². The highest BCUT2D eigenvalue weighted by molar-refractivity contribution is 5.31. The van der Waals surface area contributed by atoms with Crippen molar-refractivity contribution in [2.45, 2.75) is 26.7 Å². The van der Waals surface area contributed by atoms with Crippen molar-refractivity contribution in [2.24, 2.45) is 0 Å². The van der Waals surface area contributed by atoms with Crippen molar-refractivity contribution in [3.8, 4) is 5.75 Å². The minimum atomic E-state index is 0.776. The van der Waals surface area contributed by atoms with E-state index in [-0.39, 0.29) is 0 Å². The average Bonchev–Trinajstić information content (AvgIpc) is 2.25. The first-order valence-electron chi connectivity index (χ1n) is 5.60. The van der Waals surface area contributed by atoms with Gasteiger partial charge < -0.3 is 9.47 Å². The predicted octanol–water partition coefficient (Wildman–Crippen LogP) is 3.19. The number of para-hydroxylation sites is 1. The molecule has 1 aromatic rings. The Hall–Kier alpha value is -1.02. The molecular weight excluding hydrogens is 188 g/mol. The molecule has 0 fully saturated rings. The molecule has 0 atom stereocenters. The molecule has 0 aromatic heterocycles. The summed E-state index contributed by atoms with van der Waals surface area (Å²) < 4.78 is 10.9. The normalized spacial score (nSPS) is 10.3. The molecule has 0 aliphatic carbocycles. The minimum Gasteiger partial charge on any atom is -0.493 e. The minimum absolute atomic E-state index is 0.776. The van der Waals surface area contributed by atoms with Crippen LogP contribution in [0.4, 0.5) is 0 Å². The van der Waals surface area contributed by atoms with Crippen molar-refractivity contribution in [2.75, 3.05) is 19.8 Å². The Morgan fingerprint density at radius 3 is 2.53 bits per heavy atom. The molecule has 0 saturated heterocycles. The maximum Gasteiger partial charge on any atom is 0.122 e. The van der Waals surface area contributed by atoms with E-state index < -0.39 is 0 Å². The van der Waals surface area contributed by atoms with E-state index in [1.165, 1.54) is 5.56 Å². The maximum atomic E-state index is 5.66. The lowest BCUT2D eigenvalue weighted by Gasteiger charge is -2.08. The lowest BCUT2D eigenvalue weighted by Crippen LogP contribution is -2.01. The summed E-state index contributed by atoms with van der Waals surface area (Å²) in [6.45, 7) is 6.50. The zero-order chi connectivity index (χ0) is 10.9. The van der Waals surface area contributed by atoms with E-state index in [0.717, 1.165) is 38.4 Å². The SMILES string of the molecule is CCOCCCCOc1ccccc1C. The molecule has 1 aromatic carbocycles. The molecule has 0 bridgehead atoms. The van der Waals surface area contributed by atoms with Crippen LogP contribution in [0.3, 0.4) is 0 Å². The number of hydrogen-bond acceptors (Lipinski definition) is 2. The van der Waals surface area contributed by atoms with Crippen LogP contribution in [0, 0.1) is 6.92 Å². The highest BCUT2D eigenvalue weighted by Gasteiger charge is 1.96. The van der Waals surface area contributed by atoms with Crippen LogP contribution < -0.4 is 4.74 Å². The first-order valence-corrected chi connectivity index (χ1v) is 5.60. The second-order valence-electron chi connectivity index (χ2n) is 3.52. The van der Waals surface area contributed by atoms with Gasteiger partial charge in [-0.2, -0.15) is 0 Å². The molecule has 0 spiro atoms. The lowest BCUT2D eigenvalue weighted by atomic mass is 10.2. The van der Waals surface area contributed by atoms with Gasteiger partial charge in [0.05, 0.1) is 6.61 Å². The molecule has 2 nitrogen and oxygen atoms in total. The Labute approximate surface area is 92.2 Å². The summed E-state index contributed by atoms with van der Waals surface area (Å²) in [6, 6.07) is 8.10. The standard InChI is InChI=1S/C13H20O2/c1-3-14-10-6-7-11-15-13-9-5-4-8-12(13)2/h4-5,8-9H,3,6-7,10-11H2,1-2H3. The number of benzene rings is 1. The van der Waals surface area contributed by atoms with Gasteiger partial charge >= 0.3 is 0 Å². The zero-order valence-corrected chi connectivity index (χ0v) is 9.66. The van der Waals surface area contributed by atoms with Crippen LogP contribution in [0.1, 0.15) is 25.3 Å². The van der Waals surface area contributed by atoms with Crippen LogP contribution in [0.5, 0.6) is 5.75 Å². The van der Waals surface area contributed by atoms with Gasteiger partial charge in [-0.1, -0.05) is 18.2 Å². The summed E-state index contributed by atoms with van der Waals surface area (Å²) in [5.41, 5.74) is 1.20. The molecule has 15 heavy (non-hydrogen) atoms. The quantitative estimate of drug-likeness (QED) is 0.641. The van der Waals surface area contributed by atoms with Crippen molar-refractivity contribution in [3.63, 3.8) is 0 Å². The predicted molar refractivity (Wildman–Crippen MR) is 62.4 cm³/mol. The number of ether oxygens (including phenoxy) is 2. The van der Waals surface area contributed by atoms with Crippen molar-refractivity contribution in [1.29, 1.82) is 0 Å². The van der Waals surface area contributed by atoms with E-state index in [1.807, 2.05) is 25.1 Å². The molecule has 0 saturated carbocycles. The Kier molecular flexibility index (Phi) is 5.86. The van der Waals surface area contributed by atoms with Gasteiger partial charge in [-0.15, -0.1) is 0 Å². The molecule has 0 aliphatic rings. The third-order valence-electron chi connectivity index (χ3n) is 2.24. The van der Waals surface area contributed by atoms with Gasteiger partial charge in [-0.25, -0.2) is 0 Å². The van der Waals surface area contributed by atoms with Crippen LogP contribution in [0.15, 0.2) is 24.3 Å². The third-order valence-corrected chi connectivity index (χ3v) is 2.24. The zero-order valence-electron chi connectivity index (χ0n) is 9.66. The van der Waals surface area contributed by atoms with Crippen molar-refractivity contribution < 1.29 is 9.47 Å². The Balaban J connectivity index is 2.12. The van der Waals surface area contributed by atoms with Gasteiger partial charge in [0.15, 0.2) is 0 Å². The fraction of sp³-hybridized carbons (Fsp3) is 0.538. The van der Waals surface area contributed by atoms with E-state index in [0.29, 0.717) is 0 Å². The molecule has 0 N–H and O–H groups in total. The maximum absolute atomic E-state index is 5.66. The number of hydrogen-bond donors (Lipinski definition) is 0. The van der Waals surface area contributed by atoms with Crippen LogP contribution in [0.25, 0.3) is 0 Å². The molecule has 1 rings (SSSR count). The van der Waals surface area contributed by atoms with E-state index in [2.05, 4.69) is 13.0 Å². The largest absolute Gasteiger partial charge is 0.493 e. The smallest absolute Gasteiger partial charge is 0.122 e. The summed E-state index contributed by atoms with van der Waals surface area (Å²) in [7, 11) is 0. The highest BCUT2D eigenvalue weighted by Crippen LogP contribution is 2.16. The summed E-state index contributed by atoms with van der Waals surface area (Å²) in [6.07, 6.45) is 2.12. The van der Waals surface area contributed by atoms with Crippen LogP contribution in [-0.4, -0.2) is 19.8 Å². The lowest BCUT2D eigenvalue weighted by molar-refractivity contribution is 0.138. The molecule has 0 amide bonds. The number of rotatable bonds is 7. The van der Waals surface area contributed by atoms with Crippen molar-refractivity contribution in [1.82, 2.24) is 0 Å². The second kappa shape index (κ2) is 7.30. The van der Waals surface area contributed by atoms with Gasteiger partial charge in [-0.3, -0.25) is 0 Å². The van der Waals surface area contributed by atoms with Gasteiger partial charge in [0.2, 0.25) is 0 Å². The average molecular weight is 208 g/mol. The van der Waals surface area contributed by atoms with Gasteiger partial charge in [0, 0.05) is 13.2 Å². The first-order chi connectivity index (χ1) is 7.34.